The number of hydrogen-bond donors (Lipinski definition) is 2. The Morgan fingerprint density at radius 2 is 1.97 bits per heavy atom. The van der Waals surface area contributed by atoms with E-state index in [0.29, 0.717) is 11.5 Å². The molecule has 30 heavy (non-hydrogen) atoms. The zero-order valence-electron chi connectivity index (χ0n) is 17.4. The van der Waals surface area contributed by atoms with Gasteiger partial charge in [-0.1, -0.05) is 23.8 Å². The third-order valence-corrected chi connectivity index (χ3v) is 4.58. The molecular formula is C23H28N4O3. The number of rotatable bonds is 11. The molecule has 0 aliphatic carbocycles. The highest BCUT2D eigenvalue weighted by atomic mass is 16.5. The highest BCUT2D eigenvalue weighted by Crippen LogP contribution is 2.28. The lowest BCUT2D eigenvalue weighted by Gasteiger charge is -2.13. The summed E-state index contributed by atoms with van der Waals surface area (Å²) >= 11 is 0. The molecule has 0 radical (unpaired) electrons. The Morgan fingerprint density at radius 3 is 2.70 bits per heavy atom. The van der Waals surface area contributed by atoms with Crippen molar-refractivity contribution in [2.24, 2.45) is 0 Å². The molecule has 158 valence electrons. The highest BCUT2D eigenvalue weighted by molar-refractivity contribution is 5.91. The molecule has 3 rings (SSSR count). The lowest BCUT2D eigenvalue weighted by atomic mass is 10.2. The molecule has 0 atom stereocenters. The summed E-state index contributed by atoms with van der Waals surface area (Å²) in [5.41, 5.74) is 2.98. The minimum atomic E-state index is -0.218. The Kier molecular flexibility index (Phi) is 7.86. The fraction of sp³-hybridized carbons (Fsp3) is 0.304. The van der Waals surface area contributed by atoms with Gasteiger partial charge in [-0.25, -0.2) is 4.98 Å². The number of imidazole rings is 1. The first kappa shape index (κ1) is 21.4. The number of nitrogens with zero attached hydrogens (tertiary/aromatic N) is 2. The summed E-state index contributed by atoms with van der Waals surface area (Å²) in [6.07, 6.45) is 6.59. The number of amides is 1. The fourth-order valence-corrected chi connectivity index (χ4v) is 2.96. The van der Waals surface area contributed by atoms with Crippen LogP contribution in [0.5, 0.6) is 11.5 Å². The molecule has 1 amide bonds. The number of aromatic nitrogens is 2. The van der Waals surface area contributed by atoms with Crippen LogP contribution in [0, 0.1) is 6.92 Å². The predicted octanol–water partition coefficient (Wildman–Crippen LogP) is 3.40. The largest absolute Gasteiger partial charge is 0.493 e. The van der Waals surface area contributed by atoms with Crippen molar-refractivity contribution in [3.8, 4) is 11.5 Å². The van der Waals surface area contributed by atoms with Gasteiger partial charge in [0.05, 0.1) is 13.4 Å². The molecule has 0 saturated heterocycles. The zero-order valence-corrected chi connectivity index (χ0v) is 17.4. The Bertz CT molecular complexity index is 924. The van der Waals surface area contributed by atoms with Crippen LogP contribution in [0.3, 0.4) is 0 Å². The van der Waals surface area contributed by atoms with Crippen molar-refractivity contribution in [3.63, 3.8) is 0 Å². The van der Waals surface area contributed by atoms with Crippen LogP contribution >= 0.6 is 0 Å². The van der Waals surface area contributed by atoms with Gasteiger partial charge in [-0.2, -0.15) is 0 Å². The minimum Gasteiger partial charge on any atom is -0.493 e. The van der Waals surface area contributed by atoms with Crippen molar-refractivity contribution in [1.82, 2.24) is 14.9 Å². The second kappa shape index (κ2) is 11.0. The maximum atomic E-state index is 12.1. The molecule has 7 nitrogen and oxygen atoms in total. The number of nitrogens with one attached hydrogen (secondary N) is 2. The van der Waals surface area contributed by atoms with E-state index in [0.717, 1.165) is 42.9 Å². The number of carbonyl (C=O) groups is 1. The zero-order chi connectivity index (χ0) is 21.2. The van der Waals surface area contributed by atoms with E-state index in [1.54, 1.807) is 13.3 Å². The Morgan fingerprint density at radius 1 is 1.13 bits per heavy atom. The van der Waals surface area contributed by atoms with Crippen LogP contribution in [-0.4, -0.2) is 35.7 Å². The van der Waals surface area contributed by atoms with Crippen molar-refractivity contribution in [3.05, 3.63) is 72.3 Å². The molecule has 0 saturated carbocycles. The Balaban J connectivity index is 1.43. The first-order valence-electron chi connectivity index (χ1n) is 9.97. The van der Waals surface area contributed by atoms with Crippen molar-refractivity contribution < 1.29 is 14.3 Å². The lowest BCUT2D eigenvalue weighted by Crippen LogP contribution is -2.20. The van der Waals surface area contributed by atoms with Gasteiger partial charge in [-0.15, -0.1) is 0 Å². The fourth-order valence-electron chi connectivity index (χ4n) is 2.96. The average molecular weight is 409 g/mol. The number of hydrogen-bond acceptors (Lipinski definition) is 5. The van der Waals surface area contributed by atoms with Crippen LogP contribution in [-0.2, 0) is 17.9 Å². The molecule has 0 spiro atoms. The first-order valence-corrected chi connectivity index (χ1v) is 9.97. The number of methoxy groups -OCH3 is 1. The third kappa shape index (κ3) is 6.63. The van der Waals surface area contributed by atoms with Gasteiger partial charge in [0.1, 0.15) is 0 Å². The van der Waals surface area contributed by atoms with Crippen LogP contribution < -0.4 is 20.1 Å². The molecule has 1 aromatic heterocycles. The topological polar surface area (TPSA) is 77.4 Å². The van der Waals surface area contributed by atoms with E-state index in [9.17, 15) is 4.79 Å². The van der Waals surface area contributed by atoms with Gasteiger partial charge >= 0.3 is 0 Å². The van der Waals surface area contributed by atoms with Crippen LogP contribution in [0.25, 0.3) is 0 Å². The predicted molar refractivity (Wildman–Crippen MR) is 117 cm³/mol. The summed E-state index contributed by atoms with van der Waals surface area (Å²) < 4.78 is 13.2. The Hall–Kier alpha value is -3.32. The molecule has 0 aliphatic rings. The maximum Gasteiger partial charge on any atom is 0.262 e. The van der Waals surface area contributed by atoms with E-state index in [1.165, 1.54) is 0 Å². The number of carbonyl (C=O) groups excluding carboxylic acids is 1. The van der Waals surface area contributed by atoms with Crippen LogP contribution in [0.2, 0.25) is 0 Å². The summed E-state index contributed by atoms with van der Waals surface area (Å²) in [7, 11) is 1.59. The quantitative estimate of drug-likeness (QED) is 0.476. The summed E-state index contributed by atoms with van der Waals surface area (Å²) in [6, 6.07) is 13.4. The lowest BCUT2D eigenvalue weighted by molar-refractivity contribution is -0.118. The van der Waals surface area contributed by atoms with E-state index in [4.69, 9.17) is 9.47 Å². The number of benzene rings is 2. The summed E-state index contributed by atoms with van der Waals surface area (Å²) in [5.74, 6) is 0.931. The second-order valence-corrected chi connectivity index (χ2v) is 7.02. The van der Waals surface area contributed by atoms with Crippen molar-refractivity contribution in [2.45, 2.75) is 26.4 Å². The molecule has 2 aromatic carbocycles. The van der Waals surface area contributed by atoms with Gasteiger partial charge < -0.3 is 24.7 Å². The van der Waals surface area contributed by atoms with E-state index in [2.05, 4.69) is 20.2 Å². The Labute approximate surface area is 177 Å². The van der Waals surface area contributed by atoms with E-state index < -0.39 is 0 Å². The van der Waals surface area contributed by atoms with Gasteiger partial charge in [-0.05, 0) is 49.7 Å². The molecule has 0 bridgehead atoms. The van der Waals surface area contributed by atoms with E-state index in [-0.39, 0.29) is 12.5 Å². The summed E-state index contributed by atoms with van der Waals surface area (Å²) in [4.78, 5) is 16.2. The highest BCUT2D eigenvalue weighted by Gasteiger charge is 2.09. The molecular weight excluding hydrogens is 380 g/mol. The number of aryl methyl sites for hydroxylation is 2. The molecule has 0 unspecified atom stereocenters. The van der Waals surface area contributed by atoms with Crippen LogP contribution in [0.1, 0.15) is 17.5 Å². The van der Waals surface area contributed by atoms with Crippen molar-refractivity contribution in [2.75, 3.05) is 25.6 Å². The molecule has 1 heterocycles. The molecule has 3 aromatic rings. The number of ether oxygens (including phenoxy) is 2. The first-order chi connectivity index (χ1) is 14.6. The molecule has 7 heteroatoms. The van der Waals surface area contributed by atoms with Gasteiger partial charge in [0, 0.05) is 31.2 Å². The standard InChI is InChI=1S/C23H28N4O3/c1-18-4-7-20(8-5-18)26-23(28)16-30-21-9-6-19(14-22(21)29-2)15-24-10-3-12-27-13-11-25-17-27/h4-9,11,13-14,17,24H,3,10,12,15-16H2,1-2H3,(H,26,28). The van der Waals surface area contributed by atoms with E-state index in [1.807, 2.05) is 61.9 Å². The van der Waals surface area contributed by atoms with Crippen LogP contribution in [0.15, 0.2) is 61.2 Å². The monoisotopic (exact) mass is 408 g/mol. The molecule has 0 fully saturated rings. The molecule has 2 N–H and O–H groups in total. The summed E-state index contributed by atoms with van der Waals surface area (Å²) in [5, 5.41) is 6.24. The van der Waals surface area contributed by atoms with E-state index >= 15 is 0 Å². The van der Waals surface area contributed by atoms with Crippen molar-refractivity contribution >= 4 is 11.6 Å². The third-order valence-electron chi connectivity index (χ3n) is 4.58. The smallest absolute Gasteiger partial charge is 0.262 e. The SMILES string of the molecule is COc1cc(CNCCCn2ccnc2)ccc1OCC(=O)Nc1ccc(C)cc1. The van der Waals surface area contributed by atoms with Gasteiger partial charge in [0.15, 0.2) is 18.1 Å². The number of anilines is 1. The maximum absolute atomic E-state index is 12.1. The molecule has 0 aliphatic heterocycles. The second-order valence-electron chi connectivity index (χ2n) is 7.02. The minimum absolute atomic E-state index is 0.0872. The van der Waals surface area contributed by atoms with Crippen molar-refractivity contribution in [1.29, 1.82) is 0 Å². The van der Waals surface area contributed by atoms with Gasteiger partial charge in [0.25, 0.3) is 5.91 Å². The van der Waals surface area contributed by atoms with Crippen LogP contribution in [0.4, 0.5) is 5.69 Å². The van der Waals surface area contributed by atoms with Gasteiger partial charge in [0.2, 0.25) is 0 Å². The van der Waals surface area contributed by atoms with Gasteiger partial charge in [-0.3, -0.25) is 4.79 Å². The average Bonchev–Trinajstić information content (AvgIpc) is 3.27. The normalized spacial score (nSPS) is 10.6. The summed E-state index contributed by atoms with van der Waals surface area (Å²) in [6.45, 7) is 4.48.